The number of rotatable bonds is 9. The van der Waals surface area contributed by atoms with Crippen molar-refractivity contribution in [3.8, 4) is 5.75 Å². The van der Waals surface area contributed by atoms with E-state index in [0.717, 1.165) is 22.4 Å². The fourth-order valence-electron chi connectivity index (χ4n) is 2.87. The van der Waals surface area contributed by atoms with Crippen molar-refractivity contribution in [2.75, 3.05) is 27.8 Å². The van der Waals surface area contributed by atoms with E-state index in [9.17, 15) is 4.79 Å². The molecule has 1 unspecified atom stereocenters. The Labute approximate surface area is 155 Å². The molecule has 0 aromatic heterocycles. The third-order valence-corrected chi connectivity index (χ3v) is 4.44. The Balaban J connectivity index is 1.89. The molecule has 1 N–H and O–H groups in total. The van der Waals surface area contributed by atoms with Crippen molar-refractivity contribution >= 4 is 5.91 Å². The van der Waals surface area contributed by atoms with Crippen molar-refractivity contribution in [1.82, 2.24) is 10.2 Å². The molecule has 2 aromatic rings. The SMILES string of the molecule is COCc1cccc(CNC(=O)CN(C)C(C)c2ccccc2OC)c1. The minimum Gasteiger partial charge on any atom is -0.496 e. The molecule has 5 heteroatoms. The van der Waals surface area contributed by atoms with Gasteiger partial charge in [-0.1, -0.05) is 42.5 Å². The Bertz CT molecular complexity index is 718. The highest BCUT2D eigenvalue weighted by Crippen LogP contribution is 2.27. The lowest BCUT2D eigenvalue weighted by atomic mass is 10.1. The van der Waals surface area contributed by atoms with Crippen LogP contribution in [0.1, 0.15) is 29.7 Å². The third kappa shape index (κ3) is 5.58. The molecule has 5 nitrogen and oxygen atoms in total. The van der Waals surface area contributed by atoms with Gasteiger partial charge in [0.05, 0.1) is 20.3 Å². The molecule has 0 saturated heterocycles. The van der Waals surface area contributed by atoms with Crippen LogP contribution in [0.2, 0.25) is 0 Å². The number of carbonyl (C=O) groups excluding carboxylic acids is 1. The summed E-state index contributed by atoms with van der Waals surface area (Å²) < 4.78 is 10.6. The number of hydrogen-bond acceptors (Lipinski definition) is 4. The summed E-state index contributed by atoms with van der Waals surface area (Å²) in [5.41, 5.74) is 3.23. The van der Waals surface area contributed by atoms with E-state index in [1.54, 1.807) is 14.2 Å². The number of amides is 1. The maximum Gasteiger partial charge on any atom is 0.234 e. The number of hydrogen-bond donors (Lipinski definition) is 1. The number of para-hydroxylation sites is 1. The van der Waals surface area contributed by atoms with Gasteiger partial charge in [-0.2, -0.15) is 0 Å². The Kier molecular flexibility index (Phi) is 7.63. The standard InChI is InChI=1S/C21H28N2O3/c1-16(19-10-5-6-11-20(19)26-4)23(2)14-21(24)22-13-17-8-7-9-18(12-17)15-25-3/h5-12,16H,13-15H2,1-4H3,(H,22,24). The van der Waals surface area contributed by atoms with Crippen molar-refractivity contribution < 1.29 is 14.3 Å². The smallest absolute Gasteiger partial charge is 0.234 e. The van der Waals surface area contributed by atoms with Crippen LogP contribution in [0.5, 0.6) is 5.75 Å². The third-order valence-electron chi connectivity index (χ3n) is 4.44. The maximum atomic E-state index is 12.3. The zero-order valence-corrected chi connectivity index (χ0v) is 16.0. The number of carbonyl (C=O) groups is 1. The van der Waals surface area contributed by atoms with Gasteiger partial charge < -0.3 is 14.8 Å². The Morgan fingerprint density at radius 3 is 2.58 bits per heavy atom. The number of benzene rings is 2. The molecule has 2 aromatic carbocycles. The van der Waals surface area contributed by atoms with E-state index in [1.165, 1.54) is 0 Å². The van der Waals surface area contributed by atoms with Gasteiger partial charge in [-0.3, -0.25) is 9.69 Å². The first kappa shape index (κ1) is 19.9. The summed E-state index contributed by atoms with van der Waals surface area (Å²) in [7, 11) is 5.28. The molecule has 2 rings (SSSR count). The van der Waals surface area contributed by atoms with Crippen molar-refractivity contribution in [2.24, 2.45) is 0 Å². The summed E-state index contributed by atoms with van der Waals surface area (Å²) in [5.74, 6) is 0.827. The van der Waals surface area contributed by atoms with Crippen molar-refractivity contribution in [3.63, 3.8) is 0 Å². The Morgan fingerprint density at radius 2 is 1.85 bits per heavy atom. The summed E-state index contributed by atoms with van der Waals surface area (Å²) in [6.07, 6.45) is 0. The molecule has 0 bridgehead atoms. The van der Waals surface area contributed by atoms with E-state index >= 15 is 0 Å². The van der Waals surface area contributed by atoms with Crippen LogP contribution in [0.25, 0.3) is 0 Å². The van der Waals surface area contributed by atoms with Crippen LogP contribution in [0.15, 0.2) is 48.5 Å². The van der Waals surface area contributed by atoms with Crippen LogP contribution in [-0.2, 0) is 22.7 Å². The van der Waals surface area contributed by atoms with E-state index in [4.69, 9.17) is 9.47 Å². The molecule has 0 aliphatic carbocycles. The minimum atomic E-state index is -0.00797. The van der Waals surface area contributed by atoms with Crippen molar-refractivity contribution in [1.29, 1.82) is 0 Å². The molecule has 0 saturated carbocycles. The van der Waals surface area contributed by atoms with Gasteiger partial charge in [0.15, 0.2) is 0 Å². The Morgan fingerprint density at radius 1 is 1.12 bits per heavy atom. The second-order valence-corrected chi connectivity index (χ2v) is 6.36. The highest BCUT2D eigenvalue weighted by atomic mass is 16.5. The lowest BCUT2D eigenvalue weighted by molar-refractivity contribution is -0.122. The van der Waals surface area contributed by atoms with E-state index in [-0.39, 0.29) is 11.9 Å². The Hall–Kier alpha value is -2.37. The molecule has 1 atom stereocenters. The predicted octanol–water partition coefficient (Wildman–Crippen LogP) is 3.15. The predicted molar refractivity (Wildman–Crippen MR) is 103 cm³/mol. The second kappa shape index (κ2) is 9.94. The molecule has 0 heterocycles. The van der Waals surface area contributed by atoms with Gasteiger partial charge in [-0.15, -0.1) is 0 Å². The lowest BCUT2D eigenvalue weighted by Crippen LogP contribution is -2.36. The number of likely N-dealkylation sites (N-methyl/N-ethyl adjacent to an activating group) is 1. The van der Waals surface area contributed by atoms with Crippen molar-refractivity contribution in [2.45, 2.75) is 26.1 Å². The van der Waals surface area contributed by atoms with Crippen LogP contribution >= 0.6 is 0 Å². The average molecular weight is 356 g/mol. The topological polar surface area (TPSA) is 50.8 Å². The lowest BCUT2D eigenvalue weighted by Gasteiger charge is -2.25. The second-order valence-electron chi connectivity index (χ2n) is 6.36. The molecule has 0 fully saturated rings. The van der Waals surface area contributed by atoms with Crippen LogP contribution in [0, 0.1) is 0 Å². The van der Waals surface area contributed by atoms with Gasteiger partial charge in [0, 0.05) is 25.3 Å². The fraction of sp³-hybridized carbons (Fsp3) is 0.381. The van der Waals surface area contributed by atoms with Gasteiger partial charge in [0.1, 0.15) is 5.75 Å². The molecular formula is C21H28N2O3. The molecule has 0 aliphatic rings. The number of nitrogens with zero attached hydrogens (tertiary/aromatic N) is 1. The zero-order valence-electron chi connectivity index (χ0n) is 16.0. The first-order valence-electron chi connectivity index (χ1n) is 8.71. The number of ether oxygens (including phenoxy) is 2. The van der Waals surface area contributed by atoms with Crippen LogP contribution in [0.3, 0.4) is 0 Å². The quantitative estimate of drug-likeness (QED) is 0.750. The highest BCUT2D eigenvalue weighted by Gasteiger charge is 2.17. The van der Waals surface area contributed by atoms with Gasteiger partial charge in [0.25, 0.3) is 0 Å². The van der Waals surface area contributed by atoms with Crippen molar-refractivity contribution in [3.05, 3.63) is 65.2 Å². The average Bonchev–Trinajstić information content (AvgIpc) is 2.66. The summed E-state index contributed by atoms with van der Waals surface area (Å²) in [4.78, 5) is 14.3. The molecule has 0 spiro atoms. The summed E-state index contributed by atoms with van der Waals surface area (Å²) in [6, 6.07) is 16.0. The normalized spacial score (nSPS) is 12.0. The number of nitrogens with one attached hydrogen (secondary N) is 1. The van der Waals surface area contributed by atoms with Gasteiger partial charge >= 0.3 is 0 Å². The monoisotopic (exact) mass is 356 g/mol. The largest absolute Gasteiger partial charge is 0.496 e. The molecule has 0 aliphatic heterocycles. The fourth-order valence-corrected chi connectivity index (χ4v) is 2.87. The summed E-state index contributed by atoms with van der Waals surface area (Å²) in [5, 5.41) is 2.98. The zero-order chi connectivity index (χ0) is 18.9. The van der Waals surface area contributed by atoms with E-state index < -0.39 is 0 Å². The first-order chi connectivity index (χ1) is 12.5. The van der Waals surface area contributed by atoms with Gasteiger partial charge in [0.2, 0.25) is 5.91 Å². The summed E-state index contributed by atoms with van der Waals surface area (Å²) >= 11 is 0. The number of methoxy groups -OCH3 is 2. The van der Waals surface area contributed by atoms with Gasteiger partial charge in [-0.05, 0) is 31.2 Å². The van der Waals surface area contributed by atoms with Crippen LogP contribution in [0.4, 0.5) is 0 Å². The minimum absolute atomic E-state index is 0.00797. The maximum absolute atomic E-state index is 12.3. The van der Waals surface area contributed by atoms with E-state index in [1.807, 2.05) is 60.5 Å². The van der Waals surface area contributed by atoms with Crippen LogP contribution < -0.4 is 10.1 Å². The molecule has 140 valence electrons. The van der Waals surface area contributed by atoms with E-state index in [0.29, 0.717) is 19.7 Å². The molecule has 0 radical (unpaired) electrons. The molecular weight excluding hydrogens is 328 g/mol. The molecule has 26 heavy (non-hydrogen) atoms. The molecule has 1 amide bonds. The summed E-state index contributed by atoms with van der Waals surface area (Å²) in [6.45, 7) is 3.46. The van der Waals surface area contributed by atoms with Crippen LogP contribution in [-0.4, -0.2) is 38.6 Å². The van der Waals surface area contributed by atoms with Gasteiger partial charge in [-0.25, -0.2) is 0 Å². The first-order valence-corrected chi connectivity index (χ1v) is 8.71. The van der Waals surface area contributed by atoms with E-state index in [2.05, 4.69) is 12.2 Å². The highest BCUT2D eigenvalue weighted by molar-refractivity contribution is 5.78.